The van der Waals surface area contributed by atoms with Gasteiger partial charge in [0.05, 0.1) is 18.8 Å². The highest BCUT2D eigenvalue weighted by Gasteiger charge is 2.28. The van der Waals surface area contributed by atoms with Gasteiger partial charge in [-0.15, -0.1) is 0 Å². The lowest BCUT2D eigenvalue weighted by atomic mass is 10.1. The van der Waals surface area contributed by atoms with E-state index in [9.17, 15) is 4.79 Å². The lowest BCUT2D eigenvalue weighted by Crippen LogP contribution is -2.42. The highest BCUT2D eigenvalue weighted by atomic mass is 16.5. The van der Waals surface area contributed by atoms with Gasteiger partial charge in [-0.25, -0.2) is 9.97 Å². The zero-order chi connectivity index (χ0) is 18.9. The van der Waals surface area contributed by atoms with Gasteiger partial charge < -0.3 is 19.5 Å². The van der Waals surface area contributed by atoms with Gasteiger partial charge >= 0.3 is 0 Å². The number of nitrogens with zero attached hydrogens (tertiary/aromatic N) is 4. The Morgan fingerprint density at radius 1 is 1.14 bits per heavy atom. The minimum Gasteiger partial charge on any atom is -0.368 e. The summed E-state index contributed by atoms with van der Waals surface area (Å²) in [5.74, 6) is 0.796. The van der Waals surface area contributed by atoms with Gasteiger partial charge in [0.1, 0.15) is 6.10 Å². The molecule has 28 heavy (non-hydrogen) atoms. The smallest absolute Gasteiger partial charge is 0.254 e. The Morgan fingerprint density at radius 3 is 2.93 bits per heavy atom. The summed E-state index contributed by atoms with van der Waals surface area (Å²) in [5, 5.41) is 1.04. The molecule has 144 valence electrons. The van der Waals surface area contributed by atoms with E-state index in [1.807, 2.05) is 41.4 Å². The average Bonchev–Trinajstić information content (AvgIpc) is 3.45. The lowest BCUT2D eigenvalue weighted by molar-refractivity contribution is -0.0247. The number of H-pyrrole nitrogens is 1. The SMILES string of the molecule is O=C(c1ccc2[nH]ccc2c1)N1CCOC(c2ccnc(N3CCCC3)n2)C1. The standard InChI is InChI=1S/C21H23N5O2/c27-20(16-3-4-17-15(13-16)5-7-22-17)26-11-12-28-19(14-26)18-6-8-23-21(24-18)25-9-1-2-10-25/h3-8,13,19,22H,1-2,9-12,14H2. The van der Waals surface area contributed by atoms with Gasteiger partial charge in [-0.2, -0.15) is 0 Å². The van der Waals surface area contributed by atoms with Crippen molar-refractivity contribution in [2.45, 2.75) is 18.9 Å². The van der Waals surface area contributed by atoms with E-state index in [-0.39, 0.29) is 12.0 Å². The van der Waals surface area contributed by atoms with Crippen molar-refractivity contribution in [1.82, 2.24) is 19.9 Å². The molecule has 0 saturated carbocycles. The van der Waals surface area contributed by atoms with Crippen LogP contribution in [0.4, 0.5) is 5.95 Å². The van der Waals surface area contributed by atoms with Gasteiger partial charge in [-0.3, -0.25) is 4.79 Å². The number of fused-ring (bicyclic) bond motifs is 1. The van der Waals surface area contributed by atoms with E-state index in [4.69, 9.17) is 9.72 Å². The molecule has 2 fully saturated rings. The van der Waals surface area contributed by atoms with Gasteiger partial charge in [-0.1, -0.05) is 0 Å². The van der Waals surface area contributed by atoms with E-state index in [2.05, 4.69) is 14.9 Å². The highest BCUT2D eigenvalue weighted by Crippen LogP contribution is 2.25. The van der Waals surface area contributed by atoms with Crippen molar-refractivity contribution >= 4 is 22.8 Å². The first kappa shape index (κ1) is 17.2. The number of carbonyl (C=O) groups excluding carboxylic acids is 1. The van der Waals surface area contributed by atoms with Crippen molar-refractivity contribution in [1.29, 1.82) is 0 Å². The summed E-state index contributed by atoms with van der Waals surface area (Å²) >= 11 is 0. The van der Waals surface area contributed by atoms with Crippen LogP contribution in [0.3, 0.4) is 0 Å². The summed E-state index contributed by atoms with van der Waals surface area (Å²) in [6.07, 6.45) is 5.82. The van der Waals surface area contributed by atoms with Crippen LogP contribution in [0.1, 0.15) is 35.0 Å². The van der Waals surface area contributed by atoms with E-state index >= 15 is 0 Å². The zero-order valence-electron chi connectivity index (χ0n) is 15.7. The van der Waals surface area contributed by atoms with Crippen LogP contribution in [-0.2, 0) is 4.74 Å². The lowest BCUT2D eigenvalue weighted by Gasteiger charge is -2.33. The van der Waals surface area contributed by atoms with Crippen molar-refractivity contribution in [2.75, 3.05) is 37.7 Å². The van der Waals surface area contributed by atoms with E-state index in [0.717, 1.165) is 35.6 Å². The van der Waals surface area contributed by atoms with Crippen LogP contribution >= 0.6 is 0 Å². The largest absolute Gasteiger partial charge is 0.368 e. The number of amides is 1. The molecule has 0 bridgehead atoms. The van der Waals surface area contributed by atoms with Gasteiger partial charge in [0, 0.05) is 48.5 Å². The molecule has 5 rings (SSSR count). The Bertz CT molecular complexity index is 995. The molecule has 2 aliphatic heterocycles. The molecular weight excluding hydrogens is 354 g/mol. The van der Waals surface area contributed by atoms with Gasteiger partial charge in [0.15, 0.2) is 0 Å². The molecule has 1 N–H and O–H groups in total. The number of hydrogen-bond acceptors (Lipinski definition) is 5. The fourth-order valence-corrected chi connectivity index (χ4v) is 3.99. The van der Waals surface area contributed by atoms with Crippen LogP contribution < -0.4 is 4.90 Å². The molecule has 4 heterocycles. The number of nitrogens with one attached hydrogen (secondary N) is 1. The monoisotopic (exact) mass is 377 g/mol. The minimum atomic E-state index is -0.224. The summed E-state index contributed by atoms with van der Waals surface area (Å²) in [6.45, 7) is 3.60. The molecule has 0 radical (unpaired) electrons. The third-order valence-corrected chi connectivity index (χ3v) is 5.54. The van der Waals surface area contributed by atoms with Gasteiger partial charge in [-0.05, 0) is 43.2 Å². The highest BCUT2D eigenvalue weighted by molar-refractivity contribution is 5.98. The number of hydrogen-bond donors (Lipinski definition) is 1. The second-order valence-electron chi connectivity index (χ2n) is 7.37. The Morgan fingerprint density at radius 2 is 2.04 bits per heavy atom. The zero-order valence-corrected chi connectivity index (χ0v) is 15.7. The second kappa shape index (κ2) is 7.24. The number of anilines is 1. The van der Waals surface area contributed by atoms with Gasteiger partial charge in [0.2, 0.25) is 5.95 Å². The first-order valence-corrected chi connectivity index (χ1v) is 9.84. The Balaban J connectivity index is 1.34. The number of carbonyl (C=O) groups is 1. The van der Waals surface area contributed by atoms with Gasteiger partial charge in [0.25, 0.3) is 5.91 Å². The molecule has 2 saturated heterocycles. The fraction of sp³-hybridized carbons (Fsp3) is 0.381. The van der Waals surface area contributed by atoms with Crippen LogP contribution in [-0.4, -0.2) is 58.5 Å². The van der Waals surface area contributed by atoms with E-state index in [0.29, 0.717) is 25.3 Å². The van der Waals surface area contributed by atoms with E-state index in [1.54, 1.807) is 6.20 Å². The topological polar surface area (TPSA) is 74.3 Å². The molecule has 1 aromatic carbocycles. The Kier molecular flexibility index (Phi) is 4.44. The number of rotatable bonds is 3. The Labute approximate surface area is 163 Å². The molecule has 1 atom stereocenters. The Hall–Kier alpha value is -2.93. The molecule has 3 aromatic rings. The maximum Gasteiger partial charge on any atom is 0.254 e. The van der Waals surface area contributed by atoms with Crippen molar-refractivity contribution in [3.63, 3.8) is 0 Å². The predicted octanol–water partition coefficient (Wildman–Crippen LogP) is 2.77. The summed E-state index contributed by atoms with van der Waals surface area (Å²) < 4.78 is 5.95. The quantitative estimate of drug-likeness (QED) is 0.760. The number of aromatic nitrogens is 3. The van der Waals surface area contributed by atoms with E-state index in [1.165, 1.54) is 12.8 Å². The molecule has 7 heteroatoms. The second-order valence-corrected chi connectivity index (χ2v) is 7.37. The maximum atomic E-state index is 13.0. The van der Waals surface area contributed by atoms with Crippen molar-refractivity contribution in [2.24, 2.45) is 0 Å². The number of aromatic amines is 1. The summed E-state index contributed by atoms with van der Waals surface area (Å²) in [5.41, 5.74) is 2.58. The molecule has 0 aliphatic carbocycles. The van der Waals surface area contributed by atoms with Crippen molar-refractivity contribution in [3.05, 3.63) is 54.0 Å². The first-order valence-electron chi connectivity index (χ1n) is 9.84. The molecule has 2 aliphatic rings. The molecule has 1 amide bonds. The fourth-order valence-electron chi connectivity index (χ4n) is 3.99. The summed E-state index contributed by atoms with van der Waals surface area (Å²) in [6, 6.07) is 9.64. The van der Waals surface area contributed by atoms with Crippen LogP contribution in [0.5, 0.6) is 0 Å². The van der Waals surface area contributed by atoms with Crippen LogP contribution in [0.25, 0.3) is 10.9 Å². The molecule has 0 spiro atoms. The predicted molar refractivity (Wildman–Crippen MR) is 106 cm³/mol. The number of morpholine rings is 1. The van der Waals surface area contributed by atoms with Crippen molar-refractivity contribution in [3.8, 4) is 0 Å². The summed E-state index contributed by atoms with van der Waals surface area (Å²) in [7, 11) is 0. The van der Waals surface area contributed by atoms with Crippen LogP contribution in [0.15, 0.2) is 42.7 Å². The molecular formula is C21H23N5O2. The molecule has 1 unspecified atom stereocenters. The normalized spacial score (nSPS) is 20.1. The first-order chi connectivity index (χ1) is 13.8. The third kappa shape index (κ3) is 3.22. The third-order valence-electron chi connectivity index (χ3n) is 5.54. The minimum absolute atomic E-state index is 0.0326. The summed E-state index contributed by atoms with van der Waals surface area (Å²) in [4.78, 5) is 29.4. The van der Waals surface area contributed by atoms with Crippen LogP contribution in [0.2, 0.25) is 0 Å². The van der Waals surface area contributed by atoms with Crippen LogP contribution in [0, 0.1) is 0 Å². The average molecular weight is 377 g/mol. The number of benzene rings is 1. The number of ether oxygens (including phenoxy) is 1. The van der Waals surface area contributed by atoms with E-state index < -0.39 is 0 Å². The molecule has 7 nitrogen and oxygen atoms in total. The molecule has 2 aromatic heterocycles. The maximum absolute atomic E-state index is 13.0. The van der Waals surface area contributed by atoms with Crippen molar-refractivity contribution < 1.29 is 9.53 Å².